The predicted octanol–water partition coefficient (Wildman–Crippen LogP) is 0.860. The van der Waals surface area contributed by atoms with E-state index in [1.165, 1.54) is 0 Å². The summed E-state index contributed by atoms with van der Waals surface area (Å²) in [6.07, 6.45) is 3.04. The Bertz CT molecular complexity index is 391. The number of carbonyl (C=O) groups excluding carboxylic acids is 1. The van der Waals surface area contributed by atoms with E-state index in [2.05, 4.69) is 5.32 Å². The number of aliphatic hydroxyl groups is 1. The first-order valence-electron chi connectivity index (χ1n) is 8.54. The Morgan fingerprint density at radius 2 is 2.23 bits per heavy atom. The quantitative estimate of drug-likeness (QED) is 0.801. The molecule has 3 rings (SSSR count). The van der Waals surface area contributed by atoms with E-state index in [4.69, 9.17) is 4.74 Å². The van der Waals surface area contributed by atoms with Gasteiger partial charge in [-0.2, -0.15) is 11.8 Å². The minimum atomic E-state index is -0.252. The second-order valence-electron chi connectivity index (χ2n) is 6.74. The average Bonchev–Trinajstić information content (AvgIpc) is 2.56. The molecule has 3 fully saturated rings. The minimum absolute atomic E-state index is 0.0915. The molecular weight excluding hydrogens is 300 g/mol. The van der Waals surface area contributed by atoms with Crippen LogP contribution >= 0.6 is 11.8 Å². The second kappa shape index (κ2) is 7.07. The van der Waals surface area contributed by atoms with Crippen molar-refractivity contribution in [1.82, 2.24) is 10.2 Å². The highest BCUT2D eigenvalue weighted by molar-refractivity contribution is 7.99. The van der Waals surface area contributed by atoms with Gasteiger partial charge in [-0.05, 0) is 19.8 Å². The summed E-state index contributed by atoms with van der Waals surface area (Å²) in [5, 5.41) is 13.6. The molecule has 2 heterocycles. The number of aliphatic hydroxyl groups excluding tert-OH is 1. The molecule has 5 nitrogen and oxygen atoms in total. The molecule has 22 heavy (non-hydrogen) atoms. The van der Waals surface area contributed by atoms with Crippen LogP contribution in [0.5, 0.6) is 0 Å². The average molecular weight is 328 g/mol. The summed E-state index contributed by atoms with van der Waals surface area (Å²) in [7, 11) is 0. The molecule has 0 aromatic rings. The van der Waals surface area contributed by atoms with Crippen molar-refractivity contribution >= 4 is 17.7 Å². The Labute approximate surface area is 137 Å². The predicted molar refractivity (Wildman–Crippen MR) is 88.0 cm³/mol. The van der Waals surface area contributed by atoms with Gasteiger partial charge in [0.15, 0.2) is 0 Å². The molecular formula is C16H28N2O3S. The molecule has 3 unspecified atom stereocenters. The molecule has 3 atom stereocenters. The molecule has 1 spiro atoms. The van der Waals surface area contributed by atoms with Gasteiger partial charge in [-0.15, -0.1) is 0 Å². The van der Waals surface area contributed by atoms with Crippen molar-refractivity contribution in [1.29, 1.82) is 0 Å². The lowest BCUT2D eigenvalue weighted by atomic mass is 9.58. The normalized spacial score (nSPS) is 34.5. The fraction of sp³-hybridized carbons (Fsp3) is 0.938. The summed E-state index contributed by atoms with van der Waals surface area (Å²) in [5.74, 6) is 2.44. The molecule has 2 aliphatic heterocycles. The highest BCUT2D eigenvalue weighted by Gasteiger charge is 2.56. The van der Waals surface area contributed by atoms with Gasteiger partial charge in [-0.25, -0.2) is 0 Å². The number of amides is 1. The minimum Gasteiger partial charge on any atom is -0.392 e. The Morgan fingerprint density at radius 3 is 2.82 bits per heavy atom. The first-order valence-corrected chi connectivity index (χ1v) is 9.70. The van der Waals surface area contributed by atoms with E-state index in [9.17, 15) is 9.90 Å². The van der Waals surface area contributed by atoms with Crippen molar-refractivity contribution in [2.45, 2.75) is 50.9 Å². The van der Waals surface area contributed by atoms with Crippen molar-refractivity contribution in [3.63, 3.8) is 0 Å². The lowest BCUT2D eigenvalue weighted by Gasteiger charge is -2.56. The zero-order chi connectivity index (χ0) is 15.6. The molecule has 1 aliphatic carbocycles. The smallest absolute Gasteiger partial charge is 0.224 e. The number of rotatable bonds is 4. The fourth-order valence-electron chi connectivity index (χ4n) is 4.08. The molecule has 126 valence electrons. The standard InChI is InChI=1S/C16H28N2O3S/c1-2-21-14-10-13(19)16(14)3-6-18(7-4-16)15(20)9-12-11-22-8-5-17-12/h12-14,17,19H,2-11H2,1H3. The zero-order valence-electron chi connectivity index (χ0n) is 13.4. The maximum Gasteiger partial charge on any atom is 0.224 e. The van der Waals surface area contributed by atoms with E-state index in [-0.39, 0.29) is 23.5 Å². The fourth-order valence-corrected chi connectivity index (χ4v) is 5.03. The van der Waals surface area contributed by atoms with Crippen LogP contribution in [0.25, 0.3) is 0 Å². The number of likely N-dealkylation sites (tertiary alicyclic amines) is 1. The lowest BCUT2D eigenvalue weighted by Crippen LogP contribution is -2.62. The van der Waals surface area contributed by atoms with Gasteiger partial charge >= 0.3 is 0 Å². The highest BCUT2D eigenvalue weighted by atomic mass is 32.2. The number of nitrogens with zero attached hydrogens (tertiary/aromatic N) is 1. The molecule has 0 bridgehead atoms. The van der Waals surface area contributed by atoms with E-state index in [0.29, 0.717) is 19.1 Å². The van der Waals surface area contributed by atoms with Crippen LogP contribution in [-0.4, -0.2) is 71.9 Å². The van der Waals surface area contributed by atoms with Crippen LogP contribution in [0.2, 0.25) is 0 Å². The van der Waals surface area contributed by atoms with Gasteiger partial charge in [0.2, 0.25) is 5.91 Å². The molecule has 3 aliphatic rings. The SMILES string of the molecule is CCOC1CC(O)C12CCN(C(=O)CC1CSCCN1)CC2. The van der Waals surface area contributed by atoms with E-state index < -0.39 is 0 Å². The molecule has 0 aromatic heterocycles. The lowest BCUT2D eigenvalue weighted by molar-refractivity contribution is -0.210. The van der Waals surface area contributed by atoms with Crippen LogP contribution in [0.3, 0.4) is 0 Å². The number of piperidine rings is 1. The van der Waals surface area contributed by atoms with E-state index in [1.807, 2.05) is 23.6 Å². The Kier molecular flexibility index (Phi) is 5.32. The first kappa shape index (κ1) is 16.6. The molecule has 0 radical (unpaired) electrons. The van der Waals surface area contributed by atoms with E-state index >= 15 is 0 Å². The molecule has 1 saturated carbocycles. The van der Waals surface area contributed by atoms with Gasteiger partial charge in [0.1, 0.15) is 0 Å². The maximum atomic E-state index is 12.5. The van der Waals surface area contributed by atoms with Crippen molar-refractivity contribution in [2.75, 3.05) is 37.7 Å². The van der Waals surface area contributed by atoms with Gasteiger partial charge < -0.3 is 20.1 Å². The third-order valence-electron chi connectivity index (χ3n) is 5.58. The zero-order valence-corrected chi connectivity index (χ0v) is 14.2. The number of nitrogens with one attached hydrogen (secondary N) is 1. The van der Waals surface area contributed by atoms with Gasteiger partial charge in [-0.1, -0.05) is 0 Å². The summed E-state index contributed by atoms with van der Waals surface area (Å²) < 4.78 is 5.78. The first-order chi connectivity index (χ1) is 10.7. The molecule has 6 heteroatoms. The van der Waals surface area contributed by atoms with Gasteiger partial charge in [-0.3, -0.25) is 4.79 Å². The third kappa shape index (κ3) is 3.16. The molecule has 2 N–H and O–H groups in total. The molecule has 2 saturated heterocycles. The summed E-state index contributed by atoms with van der Waals surface area (Å²) in [4.78, 5) is 14.4. The topological polar surface area (TPSA) is 61.8 Å². The van der Waals surface area contributed by atoms with Crippen LogP contribution in [0.4, 0.5) is 0 Å². The Balaban J connectivity index is 1.49. The van der Waals surface area contributed by atoms with Crippen LogP contribution in [0, 0.1) is 5.41 Å². The van der Waals surface area contributed by atoms with Crippen LogP contribution < -0.4 is 5.32 Å². The summed E-state index contributed by atoms with van der Waals surface area (Å²) in [6, 6.07) is 0.326. The van der Waals surface area contributed by atoms with Gasteiger partial charge in [0.25, 0.3) is 0 Å². The van der Waals surface area contributed by atoms with Crippen molar-refractivity contribution < 1.29 is 14.6 Å². The third-order valence-corrected chi connectivity index (χ3v) is 6.71. The summed E-state index contributed by atoms with van der Waals surface area (Å²) in [6.45, 7) is 5.24. The van der Waals surface area contributed by atoms with Crippen molar-refractivity contribution in [3.05, 3.63) is 0 Å². The van der Waals surface area contributed by atoms with E-state index in [0.717, 1.165) is 50.4 Å². The van der Waals surface area contributed by atoms with Crippen molar-refractivity contribution in [2.24, 2.45) is 5.41 Å². The molecule has 1 amide bonds. The number of thioether (sulfide) groups is 1. The van der Waals surface area contributed by atoms with Crippen LogP contribution in [0.1, 0.15) is 32.6 Å². The Hall–Kier alpha value is -0.300. The van der Waals surface area contributed by atoms with Crippen LogP contribution in [0.15, 0.2) is 0 Å². The van der Waals surface area contributed by atoms with Gasteiger partial charge in [0.05, 0.1) is 12.2 Å². The number of hydrogen-bond acceptors (Lipinski definition) is 5. The van der Waals surface area contributed by atoms with Crippen molar-refractivity contribution in [3.8, 4) is 0 Å². The molecule has 0 aromatic carbocycles. The largest absolute Gasteiger partial charge is 0.392 e. The summed E-state index contributed by atoms with van der Waals surface area (Å²) >= 11 is 1.93. The number of ether oxygens (including phenoxy) is 1. The van der Waals surface area contributed by atoms with E-state index in [1.54, 1.807) is 0 Å². The Morgan fingerprint density at radius 1 is 1.45 bits per heavy atom. The number of carbonyl (C=O) groups is 1. The monoisotopic (exact) mass is 328 g/mol. The summed E-state index contributed by atoms with van der Waals surface area (Å²) in [5.41, 5.74) is -0.0915. The highest BCUT2D eigenvalue weighted by Crippen LogP contribution is 2.50. The second-order valence-corrected chi connectivity index (χ2v) is 7.89. The number of hydrogen-bond donors (Lipinski definition) is 2. The van der Waals surface area contributed by atoms with Crippen LogP contribution in [-0.2, 0) is 9.53 Å². The maximum absolute atomic E-state index is 12.5. The van der Waals surface area contributed by atoms with Gasteiger partial charge in [0, 0.05) is 62.0 Å².